The maximum Gasteiger partial charge on any atom is 0.0629 e. The molecule has 4 heteroatoms. The van der Waals surface area contributed by atoms with E-state index in [0.29, 0.717) is 5.56 Å². The van der Waals surface area contributed by atoms with Crippen LogP contribution in [0.15, 0.2) is 364 Å². The Morgan fingerprint density at radius 2 is 0.455 bits per heavy atom. The van der Waals surface area contributed by atoms with Gasteiger partial charge in [-0.3, -0.25) is 0 Å². The van der Waals surface area contributed by atoms with Gasteiger partial charge in [-0.1, -0.05) is 451 Å². The number of nitrogens with zero attached hydrogens (tertiary/aromatic N) is 4. The summed E-state index contributed by atoms with van der Waals surface area (Å²) in [5, 5.41) is 10.2. The lowest BCUT2D eigenvalue weighted by atomic mass is 9.78. The average molecular weight is 1730 g/mol. The minimum absolute atomic E-state index is 0.0188. The van der Waals surface area contributed by atoms with E-state index in [0.717, 1.165) is 16.7 Å². The maximum absolute atomic E-state index is 8.30. The van der Waals surface area contributed by atoms with Crippen molar-refractivity contribution in [1.82, 2.24) is 18.3 Å². The van der Waals surface area contributed by atoms with Gasteiger partial charge in [0.1, 0.15) is 0 Å². The Balaban J connectivity index is 0.000000127. The molecule has 0 amide bonds. The van der Waals surface area contributed by atoms with E-state index in [9.17, 15) is 0 Å². The molecule has 0 fully saturated rings. The molecule has 16 aromatic carbocycles. The highest BCUT2D eigenvalue weighted by atomic mass is 15.0. The third kappa shape index (κ3) is 17.9. The first-order valence-corrected chi connectivity index (χ1v) is 47.1. The number of hydrogen-bond donors (Lipinski definition) is 0. The molecule has 0 bridgehead atoms. The molecule has 0 radical (unpaired) electrons. The minimum Gasteiger partial charge on any atom is -0.309 e. The van der Waals surface area contributed by atoms with E-state index >= 15 is 0 Å². The van der Waals surface area contributed by atoms with Crippen LogP contribution in [0, 0.1) is 0 Å². The molecule has 0 aliphatic heterocycles. The van der Waals surface area contributed by atoms with Crippen LogP contribution in [0.25, 0.3) is 154 Å². The van der Waals surface area contributed by atoms with Gasteiger partial charge in [0, 0.05) is 65.8 Å². The van der Waals surface area contributed by atoms with Gasteiger partial charge >= 0.3 is 0 Å². The van der Waals surface area contributed by atoms with Gasteiger partial charge < -0.3 is 18.3 Å². The summed E-state index contributed by atoms with van der Waals surface area (Å²) in [6.45, 7) is 55.1. The van der Waals surface area contributed by atoms with Crippen LogP contribution in [0.2, 0.25) is 0 Å². The van der Waals surface area contributed by atoms with Crippen molar-refractivity contribution in [3.63, 3.8) is 0 Å². The summed E-state index contributed by atoms with van der Waals surface area (Å²) < 4.78 is 50.1. The molecule has 0 spiro atoms. The van der Waals surface area contributed by atoms with Crippen LogP contribution in [0.5, 0.6) is 0 Å². The van der Waals surface area contributed by atoms with Crippen molar-refractivity contribution in [2.45, 2.75) is 209 Å². The van der Waals surface area contributed by atoms with E-state index in [2.05, 4.69) is 488 Å². The fourth-order valence-corrected chi connectivity index (χ4v) is 19.4. The molecule has 0 aliphatic rings. The van der Waals surface area contributed by atoms with Crippen molar-refractivity contribution in [1.29, 1.82) is 0 Å². The third-order valence-corrected chi connectivity index (χ3v) is 26.4. The van der Waals surface area contributed by atoms with Crippen molar-refractivity contribution < 1.29 is 6.85 Å². The van der Waals surface area contributed by atoms with E-state index < -0.39 is 0 Å². The highest BCUT2D eigenvalue weighted by molar-refractivity contribution is 6.14. The molecular weight excluding hydrogens is 1590 g/mol. The Labute approximate surface area is 792 Å². The lowest BCUT2D eigenvalue weighted by molar-refractivity contribution is 0.567. The van der Waals surface area contributed by atoms with Gasteiger partial charge in [0.15, 0.2) is 0 Å². The summed E-state index contributed by atoms with van der Waals surface area (Å²) in [5.74, 6) is 0. The van der Waals surface area contributed by atoms with E-state index in [1.807, 2.05) is 30.3 Å². The average Bonchev–Trinajstić information content (AvgIpc) is 1.59. The Morgan fingerprint density at radius 1 is 0.174 bits per heavy atom. The van der Waals surface area contributed by atoms with Crippen LogP contribution < -0.4 is 0 Å². The first-order valence-electron chi connectivity index (χ1n) is 49.6. The van der Waals surface area contributed by atoms with Crippen molar-refractivity contribution in [3.05, 3.63) is 408 Å². The standard InChI is InChI=1S/C36H41N.C34H29N.C30H37N.C28H25N/c1-34(2,3)25-19-22-30(35(4,5)6)29(23-25)24-17-20-26(21-18-24)37-32-16-11-10-13-27(32)28-14-12-15-31(33(28)37)36(7,8)9;1-34(2,3)31-19-12-18-30-29-17-10-11-20-32(29)35(33(30)31)28-22-26(24-13-6-4-7-14-24)21-27(23-28)25-15-8-5-9-16-25;1-28(2,3)20-17-21(29(4,5)6)19-22(18-20)31-26-16-11-10-13-23(26)24-14-12-15-25(27(24)31)30(7,8)9;1-28(2,3)25-14-9-13-24-23-12-7-8-15-26(23)29(27(24)25)22-18-16-21(17-19-22)20-10-5-4-6-11-20/h10-23H,1-9H3;4-23H,1-3H3;10-19H,1-9H3;4-19H,1-3H3/i;;;4D,5D,6D,10D,11D. The zero-order valence-corrected chi connectivity index (χ0v) is 82.0. The molecule has 0 saturated heterocycles. The van der Waals surface area contributed by atoms with Gasteiger partial charge in [0.05, 0.1) is 51.0 Å². The molecule has 664 valence electrons. The number of para-hydroxylation sites is 8. The molecule has 20 rings (SSSR count). The van der Waals surface area contributed by atoms with Gasteiger partial charge in [-0.05, 0) is 211 Å². The molecule has 4 nitrogen and oxygen atoms in total. The van der Waals surface area contributed by atoms with Gasteiger partial charge in [0.2, 0.25) is 0 Å². The molecular formula is C128H132N4. The molecule has 20 aromatic rings. The number of rotatable bonds is 8. The van der Waals surface area contributed by atoms with Crippen molar-refractivity contribution in [2.75, 3.05) is 0 Å². The first-order chi connectivity index (χ1) is 64.7. The van der Waals surface area contributed by atoms with Crippen LogP contribution >= 0.6 is 0 Å². The molecule has 0 atom stereocenters. The van der Waals surface area contributed by atoms with Gasteiger partial charge in [-0.15, -0.1) is 0 Å². The largest absolute Gasteiger partial charge is 0.309 e. The Hall–Kier alpha value is -13.3. The fourth-order valence-electron chi connectivity index (χ4n) is 19.4. The van der Waals surface area contributed by atoms with Crippen molar-refractivity contribution >= 4 is 87.2 Å². The van der Waals surface area contributed by atoms with E-state index in [-0.39, 0.29) is 79.1 Å². The Bertz CT molecular complexity index is 7850. The van der Waals surface area contributed by atoms with Crippen molar-refractivity contribution in [3.8, 4) is 67.3 Å². The van der Waals surface area contributed by atoms with Crippen LogP contribution in [0.4, 0.5) is 0 Å². The second-order valence-corrected chi connectivity index (χ2v) is 44.3. The van der Waals surface area contributed by atoms with Crippen LogP contribution in [-0.2, 0) is 43.3 Å². The maximum atomic E-state index is 8.30. The zero-order valence-electron chi connectivity index (χ0n) is 87.0. The highest BCUT2D eigenvalue weighted by Gasteiger charge is 2.31. The van der Waals surface area contributed by atoms with E-state index in [4.69, 9.17) is 6.85 Å². The Kier molecular flexibility index (Phi) is 22.2. The summed E-state index contributed by atoms with van der Waals surface area (Å²) in [6, 6.07) is 120. The predicted octanol–water partition coefficient (Wildman–Crippen LogP) is 36.2. The topological polar surface area (TPSA) is 19.7 Å². The van der Waals surface area contributed by atoms with E-state index in [1.165, 1.54) is 171 Å². The zero-order chi connectivity index (χ0) is 97.9. The molecule has 4 aromatic heterocycles. The molecule has 0 N–H and O–H groups in total. The number of benzene rings is 16. The highest BCUT2D eigenvalue weighted by Crippen LogP contribution is 2.47. The van der Waals surface area contributed by atoms with Crippen LogP contribution in [0.1, 0.15) is 218 Å². The number of fused-ring (bicyclic) bond motifs is 12. The van der Waals surface area contributed by atoms with E-state index in [1.54, 1.807) is 0 Å². The quantitative estimate of drug-likeness (QED) is 0.144. The molecule has 0 unspecified atom stereocenters. The molecule has 0 saturated carbocycles. The van der Waals surface area contributed by atoms with Crippen LogP contribution in [-0.4, -0.2) is 18.3 Å². The lowest BCUT2D eigenvalue weighted by Crippen LogP contribution is -2.18. The minimum atomic E-state index is -0.379. The SMILES string of the molecule is CC(C)(C)c1cc(-n2c3ccccc3c3cccc(C(C)(C)C)c32)cc(C(C)(C)C)c1.CC(C)(C)c1ccc(C(C)(C)C)c(-c2ccc(-n3c4ccccc4c4cccc(C(C)(C)C)c43)cc2)c1.CC(C)(C)c1cccc2c3ccccc3n(-c3cc(-c4ccccc4)cc(-c4ccccc4)c3)c12.[2H]c1c([2H])c([2H])c(-c2ccc(-n3c4ccccc4c4cccc(C(C)(C)C)c43)cc2)c([2H])c1[2H]. The molecule has 4 heterocycles. The summed E-state index contributed by atoms with van der Waals surface area (Å²) in [4.78, 5) is 0. The summed E-state index contributed by atoms with van der Waals surface area (Å²) in [7, 11) is 0. The van der Waals surface area contributed by atoms with Gasteiger partial charge in [-0.25, -0.2) is 0 Å². The smallest absolute Gasteiger partial charge is 0.0629 e. The normalized spacial score (nSPS) is 13.1. The van der Waals surface area contributed by atoms with Crippen LogP contribution in [0.3, 0.4) is 0 Å². The van der Waals surface area contributed by atoms with Gasteiger partial charge in [-0.2, -0.15) is 0 Å². The third-order valence-electron chi connectivity index (χ3n) is 26.4. The Morgan fingerprint density at radius 3 is 0.773 bits per heavy atom. The molecule has 132 heavy (non-hydrogen) atoms. The van der Waals surface area contributed by atoms with Gasteiger partial charge in [0.25, 0.3) is 0 Å². The predicted molar refractivity (Wildman–Crippen MR) is 574 cm³/mol. The summed E-state index contributed by atoms with van der Waals surface area (Å²) in [6.07, 6.45) is 0. The second kappa shape index (κ2) is 34.8. The van der Waals surface area contributed by atoms with Crippen molar-refractivity contribution in [2.24, 2.45) is 0 Å². The second-order valence-electron chi connectivity index (χ2n) is 44.3. The fraction of sp³-hybridized carbons (Fsp3) is 0.250. The summed E-state index contributed by atoms with van der Waals surface area (Å²) in [5.41, 5.74) is 34.2. The number of hydrogen-bond acceptors (Lipinski definition) is 0. The monoisotopic (exact) mass is 1730 g/mol. The summed E-state index contributed by atoms with van der Waals surface area (Å²) >= 11 is 0. The lowest BCUT2D eigenvalue weighted by Gasteiger charge is -2.27. The molecule has 0 aliphatic carbocycles. The first kappa shape index (κ1) is 84.3. The number of aromatic nitrogens is 4.